The molecule has 0 atom stereocenters. The fourth-order valence-corrected chi connectivity index (χ4v) is 1.68. The van der Waals surface area contributed by atoms with E-state index in [4.69, 9.17) is 9.57 Å². The summed E-state index contributed by atoms with van der Waals surface area (Å²) in [5.74, 6) is 0.332. The number of aromatic amines is 1. The van der Waals surface area contributed by atoms with E-state index in [2.05, 4.69) is 4.98 Å². The minimum atomic E-state index is -0.512. The second-order valence-electron chi connectivity index (χ2n) is 5.21. The highest BCUT2D eigenvalue weighted by Crippen LogP contribution is 1.90. The molecule has 6 nitrogen and oxygen atoms in total. The predicted octanol–water partition coefficient (Wildman–Crippen LogP) is -0.558. The summed E-state index contributed by atoms with van der Waals surface area (Å²) in [7, 11) is 1.42. The van der Waals surface area contributed by atoms with Gasteiger partial charge in [-0.05, 0) is 11.8 Å². The van der Waals surface area contributed by atoms with Crippen LogP contribution in [-0.4, -0.2) is 23.6 Å². The number of rotatable bonds is 5. The number of aromatic nitrogens is 2. The van der Waals surface area contributed by atoms with Gasteiger partial charge in [-0.25, -0.2) is 0 Å². The van der Waals surface area contributed by atoms with Crippen molar-refractivity contribution in [3.63, 3.8) is 0 Å². The molecule has 0 aromatic carbocycles. The standard InChI is InChI=1S/C14H22N2O4/c1-9(2)6-11-13(17)16(20-8-19-5)14(18)12(15-11)7-10(3)4/h6-7,9-10,15H,8H2,1-5H3/b11-6-,12-7-. The Labute approximate surface area is 117 Å². The van der Waals surface area contributed by atoms with Crippen molar-refractivity contribution in [1.82, 2.24) is 9.71 Å². The van der Waals surface area contributed by atoms with Gasteiger partial charge in [0.15, 0.2) is 0 Å². The molecule has 0 saturated carbocycles. The SMILES string of the molecule is COCOn1c(=O)/c(=C/C(C)C)[nH]/c(=C\C(C)C)c1=O. The minimum absolute atomic E-state index is 0.165. The van der Waals surface area contributed by atoms with Crippen molar-refractivity contribution in [2.45, 2.75) is 27.7 Å². The summed E-state index contributed by atoms with van der Waals surface area (Å²) in [5, 5.41) is 0.671. The molecule has 0 amide bonds. The zero-order chi connectivity index (χ0) is 15.3. The predicted molar refractivity (Wildman–Crippen MR) is 77.6 cm³/mol. The van der Waals surface area contributed by atoms with Gasteiger partial charge in [0.05, 0.1) is 0 Å². The summed E-state index contributed by atoms with van der Waals surface area (Å²) in [5.41, 5.74) is -1.02. The van der Waals surface area contributed by atoms with Crippen LogP contribution in [0.1, 0.15) is 27.7 Å². The maximum atomic E-state index is 12.2. The number of methoxy groups -OCH3 is 1. The first-order valence-electron chi connectivity index (χ1n) is 6.58. The molecule has 20 heavy (non-hydrogen) atoms. The van der Waals surface area contributed by atoms with Crippen molar-refractivity contribution in [1.29, 1.82) is 0 Å². The highest BCUT2D eigenvalue weighted by molar-refractivity contribution is 5.23. The van der Waals surface area contributed by atoms with Crippen molar-refractivity contribution < 1.29 is 9.57 Å². The van der Waals surface area contributed by atoms with Crippen molar-refractivity contribution >= 4 is 12.2 Å². The number of ether oxygens (including phenoxy) is 1. The Morgan fingerprint density at radius 2 is 1.50 bits per heavy atom. The largest absolute Gasteiger partial charge is 0.378 e. The van der Waals surface area contributed by atoms with Crippen LogP contribution in [0, 0.1) is 11.8 Å². The van der Waals surface area contributed by atoms with Gasteiger partial charge in [0, 0.05) is 7.11 Å². The maximum absolute atomic E-state index is 12.2. The highest BCUT2D eigenvalue weighted by atomic mass is 16.8. The van der Waals surface area contributed by atoms with Crippen molar-refractivity contribution in [3.8, 4) is 0 Å². The van der Waals surface area contributed by atoms with E-state index in [1.807, 2.05) is 27.7 Å². The zero-order valence-electron chi connectivity index (χ0n) is 12.6. The molecule has 0 unspecified atom stereocenters. The third kappa shape index (κ3) is 4.09. The lowest BCUT2D eigenvalue weighted by atomic mass is 10.2. The topological polar surface area (TPSA) is 73.3 Å². The average molecular weight is 282 g/mol. The second kappa shape index (κ2) is 7.09. The third-order valence-electron chi connectivity index (χ3n) is 2.40. The number of H-pyrrole nitrogens is 1. The van der Waals surface area contributed by atoms with Crippen LogP contribution >= 0.6 is 0 Å². The molecular formula is C14H22N2O4. The monoisotopic (exact) mass is 282 g/mol. The van der Waals surface area contributed by atoms with E-state index >= 15 is 0 Å². The number of nitrogens with zero attached hydrogens (tertiary/aromatic N) is 1. The van der Waals surface area contributed by atoms with Gasteiger partial charge in [-0.2, -0.15) is 0 Å². The number of hydrogen-bond acceptors (Lipinski definition) is 4. The molecule has 1 aromatic rings. The van der Waals surface area contributed by atoms with E-state index < -0.39 is 11.1 Å². The first-order valence-corrected chi connectivity index (χ1v) is 6.58. The fraction of sp³-hybridized carbons (Fsp3) is 0.571. The molecule has 1 aromatic heterocycles. The molecule has 1 heterocycles. The molecule has 0 bridgehead atoms. The van der Waals surface area contributed by atoms with E-state index in [0.29, 0.717) is 10.7 Å². The normalized spacial score (nSPS) is 13.6. The van der Waals surface area contributed by atoms with Gasteiger partial charge in [0.25, 0.3) is 0 Å². The summed E-state index contributed by atoms with van der Waals surface area (Å²) in [6, 6.07) is 0. The first-order chi connectivity index (χ1) is 9.36. The summed E-state index contributed by atoms with van der Waals surface area (Å²) < 4.78 is 5.48. The van der Waals surface area contributed by atoms with Crippen LogP contribution < -0.4 is 26.7 Å². The average Bonchev–Trinajstić information content (AvgIpc) is 2.34. The molecule has 112 valence electrons. The van der Waals surface area contributed by atoms with Gasteiger partial charge in [-0.3, -0.25) is 9.59 Å². The maximum Gasteiger partial charge on any atom is 0.310 e. The van der Waals surface area contributed by atoms with Gasteiger partial charge < -0.3 is 14.6 Å². The lowest BCUT2D eigenvalue weighted by molar-refractivity contribution is -0.0462. The van der Waals surface area contributed by atoms with Gasteiger partial charge in [0.1, 0.15) is 10.7 Å². The third-order valence-corrected chi connectivity index (χ3v) is 2.40. The summed E-state index contributed by atoms with van der Waals surface area (Å²) in [6.45, 7) is 7.63. The van der Waals surface area contributed by atoms with Gasteiger partial charge in [0.2, 0.25) is 6.79 Å². The Morgan fingerprint density at radius 3 is 1.85 bits per heavy atom. The van der Waals surface area contributed by atoms with E-state index in [1.54, 1.807) is 12.2 Å². The summed E-state index contributed by atoms with van der Waals surface area (Å²) in [6.07, 6.45) is 3.51. The molecular weight excluding hydrogens is 260 g/mol. The van der Waals surface area contributed by atoms with Crippen LogP contribution in [0.3, 0.4) is 0 Å². The van der Waals surface area contributed by atoms with Crippen molar-refractivity contribution in [2.75, 3.05) is 13.9 Å². The van der Waals surface area contributed by atoms with Gasteiger partial charge in [-0.1, -0.05) is 44.6 Å². The molecule has 0 spiro atoms. The van der Waals surface area contributed by atoms with Crippen LogP contribution in [0.4, 0.5) is 0 Å². The van der Waals surface area contributed by atoms with Crippen LogP contribution in [0.25, 0.3) is 12.2 Å². The minimum Gasteiger partial charge on any atom is -0.378 e. The first kappa shape index (κ1) is 16.2. The Kier molecular flexibility index (Phi) is 5.76. The molecule has 1 N–H and O–H groups in total. The number of hydrogen-bond donors (Lipinski definition) is 1. The van der Waals surface area contributed by atoms with Crippen molar-refractivity contribution in [3.05, 3.63) is 31.4 Å². The quantitative estimate of drug-likeness (QED) is 0.735. The molecule has 0 radical (unpaired) electrons. The molecule has 0 aliphatic heterocycles. The molecule has 6 heteroatoms. The lowest BCUT2D eigenvalue weighted by Crippen LogP contribution is -2.55. The van der Waals surface area contributed by atoms with Gasteiger partial charge >= 0.3 is 11.1 Å². The zero-order valence-corrected chi connectivity index (χ0v) is 12.6. The Morgan fingerprint density at radius 1 is 1.05 bits per heavy atom. The molecule has 1 rings (SSSR count). The fourth-order valence-electron chi connectivity index (χ4n) is 1.68. The van der Waals surface area contributed by atoms with Crippen LogP contribution in [0.5, 0.6) is 0 Å². The van der Waals surface area contributed by atoms with Crippen LogP contribution in [0.2, 0.25) is 0 Å². The molecule has 0 fully saturated rings. The van der Waals surface area contributed by atoms with E-state index in [9.17, 15) is 9.59 Å². The Hall–Kier alpha value is -1.82. The Balaban J connectivity index is 3.66. The van der Waals surface area contributed by atoms with Crippen LogP contribution in [0.15, 0.2) is 9.59 Å². The second-order valence-corrected chi connectivity index (χ2v) is 5.21. The molecule has 0 saturated heterocycles. The van der Waals surface area contributed by atoms with Crippen molar-refractivity contribution in [2.24, 2.45) is 11.8 Å². The van der Waals surface area contributed by atoms with Gasteiger partial charge in [-0.15, -0.1) is 0 Å². The summed E-state index contributed by atoms with van der Waals surface area (Å²) in [4.78, 5) is 32.3. The highest BCUT2D eigenvalue weighted by Gasteiger charge is 2.07. The molecule has 0 aliphatic carbocycles. The smallest absolute Gasteiger partial charge is 0.310 e. The van der Waals surface area contributed by atoms with E-state index in [-0.39, 0.29) is 18.6 Å². The Bertz CT molecular complexity index is 616. The van der Waals surface area contributed by atoms with Crippen LogP contribution in [-0.2, 0) is 4.74 Å². The number of nitrogens with one attached hydrogen (secondary N) is 1. The van der Waals surface area contributed by atoms with E-state index in [0.717, 1.165) is 4.73 Å². The van der Waals surface area contributed by atoms with E-state index in [1.165, 1.54) is 7.11 Å². The molecule has 0 aliphatic rings. The summed E-state index contributed by atoms with van der Waals surface area (Å²) >= 11 is 0. The lowest BCUT2D eigenvalue weighted by Gasteiger charge is -2.06.